The van der Waals surface area contributed by atoms with Gasteiger partial charge in [0.05, 0.1) is 13.2 Å². The van der Waals surface area contributed by atoms with Gasteiger partial charge in [0.1, 0.15) is 24.2 Å². The maximum Gasteiger partial charge on any atom is 0.407 e. The van der Waals surface area contributed by atoms with Crippen molar-refractivity contribution in [2.75, 3.05) is 7.11 Å². The van der Waals surface area contributed by atoms with Crippen LogP contribution in [-0.4, -0.2) is 41.5 Å². The third kappa shape index (κ3) is 9.82. The van der Waals surface area contributed by atoms with E-state index in [1.54, 1.807) is 19.2 Å². The maximum atomic E-state index is 12.6. The number of carboxylic acids is 1. The third-order valence-electron chi connectivity index (χ3n) is 5.62. The van der Waals surface area contributed by atoms with Crippen LogP contribution in [0, 0.1) is 0 Å². The lowest BCUT2D eigenvalue weighted by molar-refractivity contribution is -0.145. The van der Waals surface area contributed by atoms with Crippen molar-refractivity contribution >= 4 is 29.8 Å². The lowest BCUT2D eigenvalue weighted by Gasteiger charge is -2.24. The molecule has 2 N–H and O–H groups in total. The highest BCUT2D eigenvalue weighted by molar-refractivity contribution is 7.99. The number of hydrogen-bond acceptors (Lipinski definition) is 7. The van der Waals surface area contributed by atoms with Crippen LogP contribution in [0.4, 0.5) is 4.79 Å². The number of benzene rings is 3. The largest absolute Gasteiger partial charge is 0.497 e. The molecule has 9 heteroatoms. The molecule has 0 aliphatic rings. The molecule has 3 aromatic carbocycles. The number of hydrogen-bond donors (Lipinski definition) is 2. The predicted molar refractivity (Wildman–Crippen MR) is 145 cm³/mol. The molecule has 0 spiro atoms. The average Bonchev–Trinajstić information content (AvgIpc) is 2.95. The molecule has 0 radical (unpaired) electrons. The number of carbonyl (C=O) groups excluding carboxylic acids is 2. The molecule has 0 aliphatic heterocycles. The van der Waals surface area contributed by atoms with E-state index in [1.807, 2.05) is 72.8 Å². The summed E-state index contributed by atoms with van der Waals surface area (Å²) >= 11 is 1.16. The van der Waals surface area contributed by atoms with Gasteiger partial charge in [-0.2, -0.15) is 0 Å². The van der Waals surface area contributed by atoms with E-state index in [1.165, 1.54) is 0 Å². The second kappa shape index (κ2) is 15.3. The molecule has 0 aliphatic carbocycles. The molecule has 2 atom stereocenters. The predicted octanol–water partition coefficient (Wildman–Crippen LogP) is 5.20. The van der Waals surface area contributed by atoms with E-state index < -0.39 is 29.3 Å². The summed E-state index contributed by atoms with van der Waals surface area (Å²) in [4.78, 5) is 37.2. The molecular weight excluding hydrogens is 506 g/mol. The van der Waals surface area contributed by atoms with E-state index in [2.05, 4.69) is 5.32 Å². The number of rotatable bonds is 14. The van der Waals surface area contributed by atoms with Crippen molar-refractivity contribution in [1.82, 2.24) is 5.32 Å². The summed E-state index contributed by atoms with van der Waals surface area (Å²) in [5.74, 6) is -0.503. The number of aliphatic carboxylic acids is 1. The lowest BCUT2D eigenvalue weighted by Crippen LogP contribution is -2.46. The van der Waals surface area contributed by atoms with Gasteiger partial charge in [-0.15, -0.1) is 11.8 Å². The highest BCUT2D eigenvalue weighted by atomic mass is 32.2. The molecule has 1 amide bonds. The monoisotopic (exact) mass is 537 g/mol. The number of methoxy groups -OCH3 is 1. The fraction of sp³-hybridized carbons (Fsp3) is 0.276. The van der Waals surface area contributed by atoms with Gasteiger partial charge < -0.3 is 24.6 Å². The summed E-state index contributed by atoms with van der Waals surface area (Å²) in [5, 5.41) is 11.6. The second-order valence-corrected chi connectivity index (χ2v) is 9.55. The smallest absolute Gasteiger partial charge is 0.407 e. The first-order valence-corrected chi connectivity index (χ1v) is 13.1. The van der Waals surface area contributed by atoms with Crippen LogP contribution in [0.5, 0.6) is 5.75 Å². The molecule has 0 saturated carbocycles. The van der Waals surface area contributed by atoms with E-state index in [0.29, 0.717) is 11.5 Å². The number of carbonyl (C=O) groups is 3. The maximum absolute atomic E-state index is 12.6. The van der Waals surface area contributed by atoms with Gasteiger partial charge in [0, 0.05) is 12.2 Å². The van der Waals surface area contributed by atoms with Crippen molar-refractivity contribution in [3.05, 3.63) is 102 Å². The lowest BCUT2D eigenvalue weighted by atomic mass is 10.1. The molecule has 38 heavy (non-hydrogen) atoms. The zero-order valence-corrected chi connectivity index (χ0v) is 21.9. The van der Waals surface area contributed by atoms with Crippen molar-refractivity contribution in [3.63, 3.8) is 0 Å². The Morgan fingerprint density at radius 3 is 1.95 bits per heavy atom. The fourth-order valence-corrected chi connectivity index (χ4v) is 4.71. The van der Waals surface area contributed by atoms with Gasteiger partial charge in [-0.25, -0.2) is 4.79 Å². The number of amides is 1. The third-order valence-corrected chi connectivity index (χ3v) is 7.00. The van der Waals surface area contributed by atoms with Gasteiger partial charge in [-0.1, -0.05) is 72.8 Å². The molecule has 200 valence electrons. The molecule has 0 unspecified atom stereocenters. The van der Waals surface area contributed by atoms with E-state index in [0.717, 1.165) is 28.5 Å². The Kier molecular flexibility index (Phi) is 11.5. The average molecular weight is 538 g/mol. The molecule has 0 aromatic heterocycles. The summed E-state index contributed by atoms with van der Waals surface area (Å²) in [6.07, 6.45) is -0.753. The molecule has 3 aromatic rings. The summed E-state index contributed by atoms with van der Waals surface area (Å²) in [6, 6.07) is 24.8. The van der Waals surface area contributed by atoms with Crippen molar-refractivity contribution < 1.29 is 33.7 Å². The molecule has 0 fully saturated rings. The Morgan fingerprint density at radius 1 is 0.816 bits per heavy atom. The molecule has 8 nitrogen and oxygen atoms in total. The summed E-state index contributed by atoms with van der Waals surface area (Å²) in [5.41, 5.74) is 2.54. The summed E-state index contributed by atoms with van der Waals surface area (Å²) < 4.78 is 15.8. The number of alkyl carbamates (subject to hydrolysis) is 1. The molecule has 0 heterocycles. The van der Waals surface area contributed by atoms with Crippen molar-refractivity contribution in [2.45, 2.75) is 43.1 Å². The Balaban J connectivity index is 1.63. The molecule has 0 bridgehead atoms. The van der Waals surface area contributed by atoms with Crippen molar-refractivity contribution in [1.29, 1.82) is 0 Å². The van der Waals surface area contributed by atoms with E-state index in [4.69, 9.17) is 14.2 Å². The Morgan fingerprint density at radius 2 is 1.39 bits per heavy atom. The highest BCUT2D eigenvalue weighted by Gasteiger charge is 2.31. The quantitative estimate of drug-likeness (QED) is 0.270. The Bertz CT molecular complexity index is 1160. The molecular formula is C29H31NO7S. The van der Waals surface area contributed by atoms with E-state index in [9.17, 15) is 19.5 Å². The summed E-state index contributed by atoms with van der Waals surface area (Å²) in [6.45, 7) is 0.153. The van der Waals surface area contributed by atoms with E-state index >= 15 is 0 Å². The van der Waals surface area contributed by atoms with Crippen molar-refractivity contribution in [2.24, 2.45) is 0 Å². The van der Waals surface area contributed by atoms with Crippen LogP contribution < -0.4 is 10.1 Å². The number of esters is 1. The zero-order chi connectivity index (χ0) is 27.2. The van der Waals surface area contributed by atoms with Crippen LogP contribution in [0.2, 0.25) is 0 Å². The Hall–Kier alpha value is -3.98. The van der Waals surface area contributed by atoms with Crippen LogP contribution in [0.25, 0.3) is 0 Å². The first-order valence-electron chi connectivity index (χ1n) is 12.1. The minimum absolute atomic E-state index is 0.0369. The van der Waals surface area contributed by atoms with Crippen LogP contribution in [0.15, 0.2) is 84.9 Å². The normalized spacial score (nSPS) is 12.1. The topological polar surface area (TPSA) is 111 Å². The fourth-order valence-electron chi connectivity index (χ4n) is 3.57. The Labute approximate surface area is 226 Å². The second-order valence-electron chi connectivity index (χ2n) is 8.42. The SMILES string of the molecule is COc1ccc(CS[C@H](C(=O)O)[C@@H](CCC(=O)OCc2ccccc2)NC(=O)OCc2ccccc2)cc1. The standard InChI is InChI=1S/C29H31NO7S/c1-35-24-14-12-23(13-15-24)20-38-27(28(32)33)25(30-29(34)37-19-22-10-6-3-7-11-22)16-17-26(31)36-18-21-8-4-2-5-9-21/h2-15,25,27H,16-20H2,1H3,(H,30,34)(H,32,33)/t25-,27+/m1/s1. The number of nitrogens with one attached hydrogen (secondary N) is 1. The zero-order valence-electron chi connectivity index (χ0n) is 21.1. The van der Waals surface area contributed by atoms with Gasteiger partial charge >= 0.3 is 18.0 Å². The number of carboxylic acid groups (broad SMARTS) is 1. The number of thioether (sulfide) groups is 1. The van der Waals surface area contributed by atoms with Crippen LogP contribution in [0.1, 0.15) is 29.5 Å². The van der Waals surface area contributed by atoms with Gasteiger partial charge in [0.2, 0.25) is 0 Å². The van der Waals surface area contributed by atoms with Crippen molar-refractivity contribution in [3.8, 4) is 5.75 Å². The van der Waals surface area contributed by atoms with Crippen LogP contribution in [0.3, 0.4) is 0 Å². The minimum atomic E-state index is -1.10. The number of ether oxygens (including phenoxy) is 3. The first kappa shape index (κ1) is 28.6. The summed E-state index contributed by atoms with van der Waals surface area (Å²) in [7, 11) is 1.57. The highest BCUT2D eigenvalue weighted by Crippen LogP contribution is 2.25. The van der Waals surface area contributed by atoms with Gasteiger partial charge in [-0.05, 0) is 35.2 Å². The van der Waals surface area contributed by atoms with Gasteiger partial charge in [-0.3, -0.25) is 9.59 Å². The molecule has 3 rings (SSSR count). The van der Waals surface area contributed by atoms with Crippen LogP contribution >= 0.6 is 11.8 Å². The van der Waals surface area contributed by atoms with Gasteiger partial charge in [0.15, 0.2) is 0 Å². The first-order chi connectivity index (χ1) is 18.4. The van der Waals surface area contributed by atoms with Gasteiger partial charge in [0.25, 0.3) is 0 Å². The van der Waals surface area contributed by atoms with Crippen LogP contribution in [-0.2, 0) is 38.0 Å². The minimum Gasteiger partial charge on any atom is -0.497 e. The molecule has 0 saturated heterocycles. The van der Waals surface area contributed by atoms with E-state index in [-0.39, 0.29) is 26.1 Å².